The highest BCUT2D eigenvalue weighted by molar-refractivity contribution is 5.91. The van der Waals surface area contributed by atoms with E-state index < -0.39 is 11.9 Å². The molecule has 0 unspecified atom stereocenters. The van der Waals surface area contributed by atoms with Crippen molar-refractivity contribution in [2.75, 3.05) is 20.3 Å². The van der Waals surface area contributed by atoms with Crippen LogP contribution in [0.1, 0.15) is 15.9 Å². The van der Waals surface area contributed by atoms with E-state index in [2.05, 4.69) is 0 Å². The van der Waals surface area contributed by atoms with Crippen molar-refractivity contribution < 1.29 is 28.5 Å². The zero-order valence-electron chi connectivity index (χ0n) is 17.0. The molecule has 0 aliphatic carbocycles. The topological polar surface area (TPSA) is 71.1 Å². The summed E-state index contributed by atoms with van der Waals surface area (Å²) in [6.07, 6.45) is 2.94. The number of benzene rings is 3. The summed E-state index contributed by atoms with van der Waals surface area (Å²) in [4.78, 5) is 24.3. The van der Waals surface area contributed by atoms with Crippen LogP contribution in [0.3, 0.4) is 0 Å². The lowest BCUT2D eigenvalue weighted by Crippen LogP contribution is -2.12. The average Bonchev–Trinajstić information content (AvgIpc) is 2.81. The minimum Gasteiger partial charge on any atom is -0.497 e. The molecule has 0 N–H and O–H groups in total. The van der Waals surface area contributed by atoms with E-state index in [1.165, 1.54) is 12.1 Å². The molecule has 0 saturated carbocycles. The molecule has 158 valence electrons. The van der Waals surface area contributed by atoms with Crippen LogP contribution in [0.15, 0.2) is 84.9 Å². The smallest absolute Gasteiger partial charge is 0.338 e. The highest BCUT2D eigenvalue weighted by Crippen LogP contribution is 2.16. The third kappa shape index (κ3) is 7.04. The first kappa shape index (κ1) is 21.6. The maximum Gasteiger partial charge on any atom is 0.338 e. The number of para-hydroxylation sites is 1. The SMILES string of the molecule is COc1ccc(/C=C/C(=O)Oc2cccc(C(=O)OCCOc3ccccc3)c2)cc1. The quantitative estimate of drug-likeness (QED) is 0.220. The first-order chi connectivity index (χ1) is 15.1. The molecule has 0 spiro atoms. The summed E-state index contributed by atoms with van der Waals surface area (Å²) >= 11 is 0. The van der Waals surface area contributed by atoms with Gasteiger partial charge < -0.3 is 18.9 Å². The van der Waals surface area contributed by atoms with Crippen LogP contribution in [0.2, 0.25) is 0 Å². The molecule has 0 saturated heterocycles. The van der Waals surface area contributed by atoms with Gasteiger partial charge in [-0.1, -0.05) is 36.4 Å². The van der Waals surface area contributed by atoms with E-state index in [1.807, 2.05) is 42.5 Å². The first-order valence-corrected chi connectivity index (χ1v) is 9.63. The fourth-order valence-corrected chi connectivity index (χ4v) is 2.61. The maximum atomic E-state index is 12.2. The largest absolute Gasteiger partial charge is 0.497 e. The molecular weight excluding hydrogens is 396 g/mol. The summed E-state index contributed by atoms with van der Waals surface area (Å²) in [7, 11) is 1.59. The molecular formula is C25H22O6. The Kier molecular flexibility index (Phi) is 7.83. The summed E-state index contributed by atoms with van der Waals surface area (Å²) in [6.45, 7) is 0.336. The van der Waals surface area contributed by atoms with Gasteiger partial charge in [-0.15, -0.1) is 0 Å². The van der Waals surface area contributed by atoms with Crippen LogP contribution < -0.4 is 14.2 Å². The molecule has 0 amide bonds. The zero-order chi connectivity index (χ0) is 21.9. The number of ether oxygens (including phenoxy) is 4. The lowest BCUT2D eigenvalue weighted by molar-refractivity contribution is -0.128. The Morgan fingerprint density at radius 2 is 1.55 bits per heavy atom. The summed E-state index contributed by atoms with van der Waals surface area (Å²) < 4.78 is 21.1. The summed E-state index contributed by atoms with van der Waals surface area (Å²) in [6, 6.07) is 22.7. The van der Waals surface area contributed by atoms with Crippen LogP contribution in [0.25, 0.3) is 6.08 Å². The van der Waals surface area contributed by atoms with E-state index in [0.717, 1.165) is 11.3 Å². The van der Waals surface area contributed by atoms with Gasteiger partial charge in [-0.25, -0.2) is 9.59 Å². The Morgan fingerprint density at radius 3 is 2.29 bits per heavy atom. The predicted molar refractivity (Wildman–Crippen MR) is 116 cm³/mol. The fraction of sp³-hybridized carbons (Fsp3) is 0.120. The van der Waals surface area contributed by atoms with Crippen LogP contribution in [0.4, 0.5) is 0 Å². The Morgan fingerprint density at radius 1 is 0.806 bits per heavy atom. The summed E-state index contributed by atoms with van der Waals surface area (Å²) in [5.41, 5.74) is 1.11. The minimum atomic E-state index is -0.558. The summed E-state index contributed by atoms with van der Waals surface area (Å²) in [5, 5.41) is 0. The molecule has 0 fully saturated rings. The lowest BCUT2D eigenvalue weighted by Gasteiger charge is -2.08. The zero-order valence-corrected chi connectivity index (χ0v) is 17.0. The van der Waals surface area contributed by atoms with E-state index in [1.54, 1.807) is 43.5 Å². The molecule has 6 nitrogen and oxygen atoms in total. The number of hydrogen-bond acceptors (Lipinski definition) is 6. The molecule has 31 heavy (non-hydrogen) atoms. The number of methoxy groups -OCH3 is 1. The molecule has 3 rings (SSSR count). The van der Waals surface area contributed by atoms with Gasteiger partial charge in [0.15, 0.2) is 0 Å². The second-order valence-corrected chi connectivity index (χ2v) is 6.35. The van der Waals surface area contributed by atoms with E-state index in [-0.39, 0.29) is 24.5 Å². The van der Waals surface area contributed by atoms with Gasteiger partial charge in [0.25, 0.3) is 0 Å². The van der Waals surface area contributed by atoms with Gasteiger partial charge in [0, 0.05) is 6.08 Å². The lowest BCUT2D eigenvalue weighted by atomic mass is 10.2. The van der Waals surface area contributed by atoms with Gasteiger partial charge in [0.2, 0.25) is 0 Å². The van der Waals surface area contributed by atoms with E-state index in [0.29, 0.717) is 5.75 Å². The van der Waals surface area contributed by atoms with E-state index in [4.69, 9.17) is 18.9 Å². The third-order valence-corrected chi connectivity index (χ3v) is 4.14. The van der Waals surface area contributed by atoms with Crippen LogP contribution in [0.5, 0.6) is 17.2 Å². The van der Waals surface area contributed by atoms with Crippen LogP contribution >= 0.6 is 0 Å². The Bertz CT molecular complexity index is 1030. The van der Waals surface area contributed by atoms with Crippen molar-refractivity contribution in [1.29, 1.82) is 0 Å². The van der Waals surface area contributed by atoms with Crippen molar-refractivity contribution in [3.8, 4) is 17.2 Å². The minimum absolute atomic E-state index is 0.0995. The second-order valence-electron chi connectivity index (χ2n) is 6.35. The van der Waals surface area contributed by atoms with Crippen LogP contribution in [0, 0.1) is 0 Å². The molecule has 3 aromatic rings. The van der Waals surface area contributed by atoms with Gasteiger partial charge in [-0.05, 0) is 54.1 Å². The molecule has 0 heterocycles. The maximum absolute atomic E-state index is 12.2. The third-order valence-electron chi connectivity index (χ3n) is 4.14. The second kappa shape index (κ2) is 11.2. The van der Waals surface area contributed by atoms with Gasteiger partial charge in [0.05, 0.1) is 12.7 Å². The number of esters is 2. The van der Waals surface area contributed by atoms with Gasteiger partial charge in [0.1, 0.15) is 30.5 Å². The number of carbonyl (C=O) groups is 2. The van der Waals surface area contributed by atoms with Crippen molar-refractivity contribution >= 4 is 18.0 Å². The fourth-order valence-electron chi connectivity index (χ4n) is 2.61. The number of hydrogen-bond donors (Lipinski definition) is 0. The molecule has 0 aliphatic heterocycles. The highest BCUT2D eigenvalue weighted by Gasteiger charge is 2.10. The molecule has 0 aromatic heterocycles. The predicted octanol–water partition coefficient (Wildman–Crippen LogP) is 4.55. The standard InChI is InChI=1S/C25H22O6/c1-28-21-13-10-19(11-14-21)12-15-24(26)31-23-9-5-6-20(18-23)25(27)30-17-16-29-22-7-3-2-4-8-22/h2-15,18H,16-17H2,1H3/b15-12+. The number of rotatable bonds is 9. The van der Waals surface area contributed by atoms with Crippen molar-refractivity contribution in [3.05, 3.63) is 96.1 Å². The Labute approximate surface area is 180 Å². The van der Waals surface area contributed by atoms with Crippen molar-refractivity contribution in [2.45, 2.75) is 0 Å². The van der Waals surface area contributed by atoms with Crippen LogP contribution in [-0.2, 0) is 9.53 Å². The molecule has 3 aromatic carbocycles. The van der Waals surface area contributed by atoms with Gasteiger partial charge >= 0.3 is 11.9 Å². The van der Waals surface area contributed by atoms with Crippen molar-refractivity contribution in [3.63, 3.8) is 0 Å². The molecule has 0 bridgehead atoms. The Balaban J connectivity index is 1.48. The Hall–Kier alpha value is -4.06. The van der Waals surface area contributed by atoms with Crippen molar-refractivity contribution in [2.24, 2.45) is 0 Å². The molecule has 0 radical (unpaired) electrons. The monoisotopic (exact) mass is 418 g/mol. The van der Waals surface area contributed by atoms with E-state index >= 15 is 0 Å². The highest BCUT2D eigenvalue weighted by atomic mass is 16.6. The molecule has 0 aliphatic rings. The van der Waals surface area contributed by atoms with Gasteiger partial charge in [-0.3, -0.25) is 0 Å². The number of carbonyl (C=O) groups excluding carboxylic acids is 2. The van der Waals surface area contributed by atoms with Crippen LogP contribution in [-0.4, -0.2) is 32.3 Å². The van der Waals surface area contributed by atoms with Gasteiger partial charge in [-0.2, -0.15) is 0 Å². The van der Waals surface area contributed by atoms with Crippen molar-refractivity contribution in [1.82, 2.24) is 0 Å². The van der Waals surface area contributed by atoms with E-state index in [9.17, 15) is 9.59 Å². The normalized spacial score (nSPS) is 10.5. The average molecular weight is 418 g/mol. The summed E-state index contributed by atoms with van der Waals surface area (Å²) in [5.74, 6) is 0.602. The molecule has 0 atom stereocenters. The first-order valence-electron chi connectivity index (χ1n) is 9.63. The molecule has 6 heteroatoms.